The molecule has 1 aromatic carbocycles. The smallest absolute Gasteiger partial charge is 0.266 e. The van der Waals surface area contributed by atoms with Crippen molar-refractivity contribution in [2.45, 2.75) is 25.0 Å². The molecule has 0 unspecified atom stereocenters. The van der Waals surface area contributed by atoms with Crippen molar-refractivity contribution in [1.82, 2.24) is 4.98 Å². The van der Waals surface area contributed by atoms with Crippen LogP contribution in [0, 0.1) is 13.8 Å². The average molecular weight is 331 g/mol. The van der Waals surface area contributed by atoms with Gasteiger partial charge in [-0.2, -0.15) is 0 Å². The fourth-order valence-corrected chi connectivity index (χ4v) is 5.20. The van der Waals surface area contributed by atoms with E-state index in [4.69, 9.17) is 11.6 Å². The van der Waals surface area contributed by atoms with E-state index in [0.29, 0.717) is 17.9 Å². The molecule has 108 valence electrons. The molecule has 2 aromatic rings. The van der Waals surface area contributed by atoms with Crippen molar-refractivity contribution in [3.05, 3.63) is 40.0 Å². The molecule has 0 saturated carbocycles. The van der Waals surface area contributed by atoms with E-state index in [0.717, 1.165) is 16.9 Å². The minimum absolute atomic E-state index is 0.199. The molecular weight excluding hydrogens is 316 g/mol. The molecule has 7 heteroatoms. The minimum atomic E-state index is -3.62. The number of benzene rings is 1. The summed E-state index contributed by atoms with van der Waals surface area (Å²) < 4.78 is 27.2. The molecule has 0 atom stereocenters. The SMILES string of the molecule is CCN(c1ccc(C)cc1)S(=O)(=O)c1sc(Cl)nc1C. The van der Waals surface area contributed by atoms with Gasteiger partial charge in [-0.1, -0.05) is 40.6 Å². The molecule has 0 aliphatic rings. The molecule has 0 aliphatic heterocycles. The maximum Gasteiger partial charge on any atom is 0.275 e. The summed E-state index contributed by atoms with van der Waals surface area (Å²) in [6, 6.07) is 7.38. The standard InChI is InChI=1S/C13H15ClN2O2S2/c1-4-16(11-7-5-9(2)6-8-11)20(17,18)12-10(3)15-13(14)19-12/h5-8H,4H2,1-3H3. The molecule has 4 nitrogen and oxygen atoms in total. The van der Waals surface area contributed by atoms with Gasteiger partial charge < -0.3 is 0 Å². The lowest BCUT2D eigenvalue weighted by atomic mass is 10.2. The Hall–Kier alpha value is -1.11. The second kappa shape index (κ2) is 5.71. The third-order valence-electron chi connectivity index (χ3n) is 2.86. The van der Waals surface area contributed by atoms with Crippen molar-refractivity contribution in [3.8, 4) is 0 Å². The summed E-state index contributed by atoms with van der Waals surface area (Å²) in [5.41, 5.74) is 2.16. The zero-order chi connectivity index (χ0) is 14.9. The van der Waals surface area contributed by atoms with Gasteiger partial charge in [0.15, 0.2) is 8.68 Å². The molecule has 1 aromatic heterocycles. The van der Waals surface area contributed by atoms with Crippen molar-refractivity contribution in [2.24, 2.45) is 0 Å². The van der Waals surface area contributed by atoms with E-state index in [-0.39, 0.29) is 8.68 Å². The molecule has 0 fully saturated rings. The maximum atomic E-state index is 12.7. The van der Waals surface area contributed by atoms with E-state index < -0.39 is 10.0 Å². The monoisotopic (exact) mass is 330 g/mol. The van der Waals surface area contributed by atoms with Crippen molar-refractivity contribution in [2.75, 3.05) is 10.8 Å². The van der Waals surface area contributed by atoms with E-state index in [2.05, 4.69) is 4.98 Å². The molecule has 0 saturated heterocycles. The topological polar surface area (TPSA) is 50.3 Å². The second-order valence-electron chi connectivity index (χ2n) is 4.35. The highest BCUT2D eigenvalue weighted by Crippen LogP contribution is 2.31. The summed E-state index contributed by atoms with van der Waals surface area (Å²) in [6.07, 6.45) is 0. The number of aryl methyl sites for hydroxylation is 2. The number of thiazole rings is 1. The van der Waals surface area contributed by atoms with E-state index in [1.807, 2.05) is 19.1 Å². The summed E-state index contributed by atoms with van der Waals surface area (Å²) in [5.74, 6) is 0. The van der Waals surface area contributed by atoms with Crippen LogP contribution in [0.15, 0.2) is 28.5 Å². The molecule has 1 heterocycles. The molecule has 20 heavy (non-hydrogen) atoms. The number of hydrogen-bond donors (Lipinski definition) is 0. The van der Waals surface area contributed by atoms with Crippen LogP contribution in [0.5, 0.6) is 0 Å². The van der Waals surface area contributed by atoms with Gasteiger partial charge in [-0.15, -0.1) is 0 Å². The Labute approximate surface area is 128 Å². The Morgan fingerprint density at radius 3 is 2.30 bits per heavy atom. The first-order chi connectivity index (χ1) is 9.36. The first kappa shape index (κ1) is 15.3. The van der Waals surface area contributed by atoms with Crippen LogP contribution in [-0.4, -0.2) is 19.9 Å². The third-order valence-corrected chi connectivity index (χ3v) is 6.61. The van der Waals surface area contributed by atoms with Gasteiger partial charge in [-0.05, 0) is 32.9 Å². The average Bonchev–Trinajstić information content (AvgIpc) is 2.72. The maximum absolute atomic E-state index is 12.7. The number of aromatic nitrogens is 1. The van der Waals surface area contributed by atoms with Crippen LogP contribution < -0.4 is 4.31 Å². The summed E-state index contributed by atoms with van der Waals surface area (Å²) in [6.45, 7) is 5.76. The highest BCUT2D eigenvalue weighted by atomic mass is 35.5. The Morgan fingerprint density at radius 1 is 1.25 bits per heavy atom. The molecule has 0 spiro atoms. The van der Waals surface area contributed by atoms with Gasteiger partial charge in [0, 0.05) is 6.54 Å². The van der Waals surface area contributed by atoms with Crippen molar-refractivity contribution in [3.63, 3.8) is 0 Å². The van der Waals surface area contributed by atoms with E-state index in [1.165, 1.54) is 4.31 Å². The first-order valence-corrected chi connectivity index (χ1v) is 8.72. The van der Waals surface area contributed by atoms with Gasteiger partial charge >= 0.3 is 0 Å². The highest BCUT2D eigenvalue weighted by molar-refractivity contribution is 7.94. The number of anilines is 1. The number of sulfonamides is 1. The lowest BCUT2D eigenvalue weighted by Gasteiger charge is -2.22. The predicted molar refractivity (Wildman–Crippen MR) is 83.2 cm³/mol. The fourth-order valence-electron chi connectivity index (χ4n) is 1.89. The van der Waals surface area contributed by atoms with Crippen LogP contribution in [0.2, 0.25) is 4.47 Å². The van der Waals surface area contributed by atoms with Crippen LogP contribution in [0.3, 0.4) is 0 Å². The predicted octanol–water partition coefficient (Wildman–Crippen LogP) is 3.63. The number of nitrogens with zero attached hydrogens (tertiary/aromatic N) is 2. The van der Waals surface area contributed by atoms with Crippen LogP contribution in [0.4, 0.5) is 5.69 Å². The lowest BCUT2D eigenvalue weighted by molar-refractivity contribution is 0.593. The zero-order valence-corrected chi connectivity index (χ0v) is 13.8. The van der Waals surface area contributed by atoms with Crippen LogP contribution in [0.1, 0.15) is 18.2 Å². The van der Waals surface area contributed by atoms with Gasteiger partial charge in [-0.3, -0.25) is 4.31 Å². The van der Waals surface area contributed by atoms with Gasteiger partial charge in [0.2, 0.25) is 0 Å². The molecule has 0 amide bonds. The van der Waals surface area contributed by atoms with Crippen molar-refractivity contribution >= 4 is 38.6 Å². The Morgan fingerprint density at radius 2 is 1.85 bits per heavy atom. The molecule has 2 rings (SSSR count). The lowest BCUT2D eigenvalue weighted by Crippen LogP contribution is -2.30. The number of rotatable bonds is 4. The molecular formula is C13H15ClN2O2S2. The van der Waals surface area contributed by atoms with Crippen LogP contribution >= 0.6 is 22.9 Å². The molecule has 0 bridgehead atoms. The molecule has 0 radical (unpaired) electrons. The normalized spacial score (nSPS) is 11.6. The summed E-state index contributed by atoms with van der Waals surface area (Å²) >= 11 is 6.80. The quantitative estimate of drug-likeness (QED) is 0.860. The Bertz CT molecular complexity index is 708. The largest absolute Gasteiger partial charge is 0.275 e. The molecule has 0 aliphatic carbocycles. The van der Waals surface area contributed by atoms with Crippen LogP contribution in [-0.2, 0) is 10.0 Å². The summed E-state index contributed by atoms with van der Waals surface area (Å²) in [5, 5.41) is 0. The number of halogens is 1. The summed E-state index contributed by atoms with van der Waals surface area (Å²) in [7, 11) is -3.62. The van der Waals surface area contributed by atoms with Gasteiger partial charge in [-0.25, -0.2) is 13.4 Å². The fraction of sp³-hybridized carbons (Fsp3) is 0.308. The van der Waals surface area contributed by atoms with Gasteiger partial charge in [0.25, 0.3) is 10.0 Å². The Balaban J connectivity index is 2.50. The minimum Gasteiger partial charge on any atom is -0.266 e. The van der Waals surface area contributed by atoms with E-state index in [1.54, 1.807) is 26.0 Å². The van der Waals surface area contributed by atoms with E-state index in [9.17, 15) is 8.42 Å². The molecule has 0 N–H and O–H groups in total. The van der Waals surface area contributed by atoms with E-state index >= 15 is 0 Å². The third kappa shape index (κ3) is 2.82. The summed E-state index contributed by atoms with van der Waals surface area (Å²) in [4.78, 5) is 3.98. The van der Waals surface area contributed by atoms with Crippen molar-refractivity contribution in [1.29, 1.82) is 0 Å². The number of hydrogen-bond acceptors (Lipinski definition) is 4. The second-order valence-corrected chi connectivity index (χ2v) is 7.98. The Kier molecular flexibility index (Phi) is 4.36. The zero-order valence-electron chi connectivity index (χ0n) is 11.4. The van der Waals surface area contributed by atoms with Gasteiger partial charge in [0.05, 0.1) is 11.4 Å². The van der Waals surface area contributed by atoms with Crippen molar-refractivity contribution < 1.29 is 8.42 Å². The van der Waals surface area contributed by atoms with Gasteiger partial charge in [0.1, 0.15) is 0 Å². The van der Waals surface area contributed by atoms with Crippen LogP contribution in [0.25, 0.3) is 0 Å². The first-order valence-electron chi connectivity index (χ1n) is 6.08. The highest BCUT2D eigenvalue weighted by Gasteiger charge is 2.28.